The van der Waals surface area contributed by atoms with Gasteiger partial charge in [-0.1, -0.05) is 0 Å². The largest absolute Gasteiger partial charge is 0.462 e. The fourth-order valence-electron chi connectivity index (χ4n) is 4.11. The quantitative estimate of drug-likeness (QED) is 0.537. The lowest BCUT2D eigenvalue weighted by atomic mass is 10.0. The molecule has 3 heterocycles. The normalized spacial score (nSPS) is 18.1. The molecule has 0 spiro atoms. The van der Waals surface area contributed by atoms with Gasteiger partial charge in [-0.05, 0) is 54.4 Å². The average molecular weight is 490 g/mol. The van der Waals surface area contributed by atoms with Crippen LogP contribution in [0.25, 0.3) is 5.52 Å². The first kappa shape index (κ1) is 23.1. The van der Waals surface area contributed by atoms with Gasteiger partial charge in [-0.3, -0.25) is 9.80 Å². The number of alkyl halides is 3. The topological polar surface area (TPSA) is 37.2 Å². The van der Waals surface area contributed by atoms with Gasteiger partial charge >= 0.3 is 5.97 Å². The first-order valence-electron chi connectivity index (χ1n) is 10.1. The molecule has 0 radical (unpaired) electrons. The molecule has 0 aliphatic carbocycles. The third-order valence-corrected chi connectivity index (χ3v) is 6.14. The number of fused-ring (bicyclic) bond motifs is 1. The Labute approximate surface area is 182 Å². The Morgan fingerprint density at radius 2 is 1.87 bits per heavy atom. The van der Waals surface area contributed by atoms with Crippen LogP contribution < -0.4 is 0 Å². The predicted molar refractivity (Wildman–Crippen MR) is 113 cm³/mol. The number of pyridine rings is 1. The second-order valence-corrected chi connectivity index (χ2v) is 8.52. The van der Waals surface area contributed by atoms with Crippen molar-refractivity contribution in [2.75, 3.05) is 39.3 Å². The van der Waals surface area contributed by atoms with Crippen LogP contribution in [0.4, 0.5) is 13.2 Å². The molecule has 2 aromatic heterocycles. The average Bonchev–Trinajstić information content (AvgIpc) is 3.07. The maximum atomic E-state index is 13.4. The molecule has 0 N–H and O–H groups in total. The molecule has 1 aliphatic rings. The molecule has 0 amide bonds. The molecule has 3 rings (SSSR count). The molecule has 30 heavy (non-hydrogen) atoms. The smallest absolute Gasteiger partial charge is 0.338 e. The van der Waals surface area contributed by atoms with Gasteiger partial charge in [0.1, 0.15) is 0 Å². The van der Waals surface area contributed by atoms with Crippen LogP contribution in [0.1, 0.15) is 41.5 Å². The van der Waals surface area contributed by atoms with Gasteiger partial charge in [-0.2, -0.15) is 0 Å². The van der Waals surface area contributed by atoms with E-state index in [9.17, 15) is 18.0 Å². The number of aromatic nitrogens is 1. The van der Waals surface area contributed by atoms with Crippen molar-refractivity contribution in [2.45, 2.75) is 39.4 Å². The minimum absolute atomic E-state index is 0.0281. The number of rotatable bonds is 7. The summed E-state index contributed by atoms with van der Waals surface area (Å²) in [5.74, 6) is -0.353. The maximum Gasteiger partial charge on any atom is 0.338 e. The Balaban J connectivity index is 1.85. The number of hydrogen-bond donors (Lipinski definition) is 0. The molecular weight excluding hydrogens is 463 g/mol. The summed E-state index contributed by atoms with van der Waals surface area (Å²) in [6.07, 6.45) is -3.10. The first-order valence-corrected chi connectivity index (χ1v) is 10.9. The van der Waals surface area contributed by atoms with Crippen molar-refractivity contribution < 1.29 is 22.7 Å². The molecule has 1 saturated heterocycles. The van der Waals surface area contributed by atoms with E-state index in [0.717, 1.165) is 21.2 Å². The van der Waals surface area contributed by atoms with E-state index in [1.807, 2.05) is 25.3 Å². The van der Waals surface area contributed by atoms with Crippen molar-refractivity contribution >= 4 is 27.4 Å². The molecule has 2 unspecified atom stereocenters. The maximum absolute atomic E-state index is 13.4. The molecule has 2 aromatic rings. The summed E-state index contributed by atoms with van der Waals surface area (Å²) in [7, 11) is 0. The Morgan fingerprint density at radius 1 is 1.20 bits per heavy atom. The lowest BCUT2D eigenvalue weighted by Gasteiger charge is -2.39. The van der Waals surface area contributed by atoms with E-state index in [-0.39, 0.29) is 18.6 Å². The number of halogens is 4. The number of hydrogen-bond acceptors (Lipinski definition) is 4. The van der Waals surface area contributed by atoms with Crippen LogP contribution in [0.15, 0.2) is 22.8 Å². The van der Waals surface area contributed by atoms with Gasteiger partial charge in [-0.15, -0.1) is 0 Å². The molecule has 1 fully saturated rings. The van der Waals surface area contributed by atoms with Crippen LogP contribution in [0.2, 0.25) is 0 Å². The van der Waals surface area contributed by atoms with Crippen LogP contribution in [0.5, 0.6) is 0 Å². The van der Waals surface area contributed by atoms with E-state index in [1.54, 1.807) is 11.8 Å². The Bertz CT molecular complexity index is 897. The molecule has 5 nitrogen and oxygen atoms in total. The molecule has 0 bridgehead atoms. The van der Waals surface area contributed by atoms with E-state index in [4.69, 9.17) is 4.74 Å². The number of ether oxygens (including phenoxy) is 1. The van der Waals surface area contributed by atoms with Crippen molar-refractivity contribution in [3.8, 4) is 0 Å². The van der Waals surface area contributed by atoms with Crippen LogP contribution in [0.3, 0.4) is 0 Å². The van der Waals surface area contributed by atoms with Crippen molar-refractivity contribution in [1.29, 1.82) is 0 Å². The van der Waals surface area contributed by atoms with Crippen LogP contribution in [0, 0.1) is 6.92 Å². The minimum atomic E-state index is -2.95. The van der Waals surface area contributed by atoms with Gasteiger partial charge in [0.2, 0.25) is 0 Å². The highest BCUT2D eigenvalue weighted by atomic mass is 79.9. The van der Waals surface area contributed by atoms with E-state index < -0.39 is 12.6 Å². The Kier molecular flexibility index (Phi) is 7.47. The third-order valence-electron chi connectivity index (χ3n) is 5.71. The summed E-state index contributed by atoms with van der Waals surface area (Å²) in [6.45, 7) is 8.11. The Morgan fingerprint density at radius 3 is 2.47 bits per heavy atom. The second kappa shape index (κ2) is 9.70. The summed E-state index contributed by atoms with van der Waals surface area (Å²) in [4.78, 5) is 16.5. The highest BCUT2D eigenvalue weighted by Crippen LogP contribution is 2.31. The SMILES string of the molecule is CCOC(=O)c1cc2cc(Br)cn2c(C(C)N2CCN(CC(F)C(F)F)CC2)c1C. The third kappa shape index (κ3) is 4.84. The predicted octanol–water partition coefficient (Wildman–Crippen LogP) is 4.47. The van der Waals surface area contributed by atoms with Crippen LogP contribution >= 0.6 is 15.9 Å². The monoisotopic (exact) mass is 489 g/mol. The summed E-state index contributed by atoms with van der Waals surface area (Å²) in [6, 6.07) is 3.75. The van der Waals surface area contributed by atoms with Crippen LogP contribution in [-0.2, 0) is 4.74 Å². The Hall–Kier alpha value is -1.58. The van der Waals surface area contributed by atoms with Crippen molar-refractivity contribution in [3.05, 3.63) is 39.6 Å². The van der Waals surface area contributed by atoms with E-state index in [2.05, 4.69) is 32.2 Å². The highest BCUT2D eigenvalue weighted by molar-refractivity contribution is 9.10. The standard InChI is InChI=1S/C21H27BrF3N3O2/c1-4-30-21(29)17-10-16-9-15(22)11-28(16)19(13(17)2)14(3)27-7-5-26(6-8-27)12-18(23)20(24)25/h9-11,14,18,20H,4-8,12H2,1-3H3. The zero-order valence-electron chi connectivity index (χ0n) is 17.4. The first-order chi connectivity index (χ1) is 14.2. The van der Waals surface area contributed by atoms with Crippen molar-refractivity contribution in [1.82, 2.24) is 14.2 Å². The van der Waals surface area contributed by atoms with Gasteiger partial charge in [-0.25, -0.2) is 18.0 Å². The van der Waals surface area contributed by atoms with Gasteiger partial charge in [0.05, 0.1) is 12.2 Å². The minimum Gasteiger partial charge on any atom is -0.462 e. The van der Waals surface area contributed by atoms with Crippen molar-refractivity contribution in [3.63, 3.8) is 0 Å². The van der Waals surface area contributed by atoms with E-state index in [0.29, 0.717) is 38.3 Å². The second-order valence-electron chi connectivity index (χ2n) is 7.60. The van der Waals surface area contributed by atoms with E-state index >= 15 is 0 Å². The summed E-state index contributed by atoms with van der Waals surface area (Å²) in [5, 5.41) is 0. The molecule has 2 atom stereocenters. The van der Waals surface area contributed by atoms with Gasteiger partial charge in [0.25, 0.3) is 6.43 Å². The molecule has 166 valence electrons. The molecule has 9 heteroatoms. The van der Waals surface area contributed by atoms with Gasteiger partial charge in [0.15, 0.2) is 6.17 Å². The summed E-state index contributed by atoms with van der Waals surface area (Å²) < 4.78 is 46.6. The van der Waals surface area contributed by atoms with Crippen molar-refractivity contribution in [2.24, 2.45) is 0 Å². The van der Waals surface area contributed by atoms with Gasteiger partial charge < -0.3 is 9.14 Å². The zero-order valence-corrected chi connectivity index (χ0v) is 19.0. The number of piperazine rings is 1. The van der Waals surface area contributed by atoms with Crippen LogP contribution in [-0.4, -0.2) is 72.1 Å². The fourth-order valence-corrected chi connectivity index (χ4v) is 4.55. The molecule has 1 aliphatic heterocycles. The lowest BCUT2D eigenvalue weighted by Crippen LogP contribution is -2.49. The zero-order chi connectivity index (χ0) is 22.0. The van der Waals surface area contributed by atoms with E-state index in [1.165, 1.54) is 0 Å². The summed E-state index contributed by atoms with van der Waals surface area (Å²) >= 11 is 3.51. The molecule has 0 saturated carbocycles. The van der Waals surface area contributed by atoms with Gasteiger partial charge in [0, 0.05) is 60.6 Å². The number of nitrogens with zero attached hydrogens (tertiary/aromatic N) is 3. The highest BCUT2D eigenvalue weighted by Gasteiger charge is 2.29. The number of carbonyl (C=O) groups is 1. The summed E-state index contributed by atoms with van der Waals surface area (Å²) in [5.41, 5.74) is 3.24. The molecular formula is C21H27BrF3N3O2. The number of carbonyl (C=O) groups excluding carboxylic acids is 1. The number of esters is 1. The lowest BCUT2D eigenvalue weighted by molar-refractivity contribution is 0.0123. The fraction of sp³-hybridized carbons (Fsp3) is 0.571. The molecule has 0 aromatic carbocycles.